The van der Waals surface area contributed by atoms with E-state index in [-0.39, 0.29) is 24.4 Å². The Bertz CT molecular complexity index is 466. The average molecular weight is 343 g/mol. The van der Waals surface area contributed by atoms with Crippen LogP contribution in [-0.4, -0.2) is 35.7 Å². The lowest BCUT2D eigenvalue weighted by molar-refractivity contribution is -0.134. The van der Waals surface area contributed by atoms with E-state index in [9.17, 15) is 4.79 Å². The zero-order valence-corrected chi connectivity index (χ0v) is 15.1. The highest BCUT2D eigenvalue weighted by molar-refractivity contribution is 7.99. The average Bonchev–Trinajstić information content (AvgIpc) is 2.49. The Hall–Kier alpha value is -0.710. The first-order valence-electron chi connectivity index (χ1n) is 7.79. The van der Waals surface area contributed by atoms with Crippen molar-refractivity contribution in [2.75, 3.05) is 18.8 Å². The molecule has 0 radical (unpaired) electrons. The summed E-state index contributed by atoms with van der Waals surface area (Å²) in [5.74, 6) is 1.78. The Kier molecular flexibility index (Phi) is 8.29. The van der Waals surface area contributed by atoms with Crippen LogP contribution in [0.3, 0.4) is 0 Å². The number of benzene rings is 1. The van der Waals surface area contributed by atoms with E-state index < -0.39 is 0 Å². The lowest BCUT2D eigenvalue weighted by Gasteiger charge is -2.38. The van der Waals surface area contributed by atoms with Crippen molar-refractivity contribution in [3.8, 4) is 0 Å². The maximum atomic E-state index is 12.4. The van der Waals surface area contributed by atoms with Crippen molar-refractivity contribution in [3.63, 3.8) is 0 Å². The summed E-state index contributed by atoms with van der Waals surface area (Å²) >= 11 is 1.75. The Morgan fingerprint density at radius 3 is 2.68 bits per heavy atom. The van der Waals surface area contributed by atoms with Gasteiger partial charge in [0, 0.05) is 36.2 Å². The second kappa shape index (κ2) is 9.43. The van der Waals surface area contributed by atoms with Gasteiger partial charge in [0.15, 0.2) is 0 Å². The van der Waals surface area contributed by atoms with Crippen LogP contribution in [-0.2, 0) is 4.79 Å². The van der Waals surface area contributed by atoms with Crippen LogP contribution in [0.25, 0.3) is 0 Å². The minimum absolute atomic E-state index is 0. The number of piperidine rings is 1. The van der Waals surface area contributed by atoms with Gasteiger partial charge in [0.05, 0.1) is 0 Å². The Morgan fingerprint density at radius 1 is 1.36 bits per heavy atom. The zero-order valence-electron chi connectivity index (χ0n) is 13.5. The molecular weight excluding hydrogens is 316 g/mol. The molecule has 1 fully saturated rings. The van der Waals surface area contributed by atoms with Crippen molar-refractivity contribution >= 4 is 30.1 Å². The molecule has 1 heterocycles. The van der Waals surface area contributed by atoms with Crippen LogP contribution in [0.2, 0.25) is 0 Å². The summed E-state index contributed by atoms with van der Waals surface area (Å²) in [5.41, 5.74) is 7.10. The minimum Gasteiger partial charge on any atom is -0.338 e. The van der Waals surface area contributed by atoms with Crippen LogP contribution in [0.5, 0.6) is 0 Å². The van der Waals surface area contributed by atoms with E-state index in [0.717, 1.165) is 25.1 Å². The molecule has 1 saturated heterocycles. The zero-order chi connectivity index (χ0) is 15.2. The van der Waals surface area contributed by atoms with Crippen molar-refractivity contribution in [2.24, 2.45) is 11.7 Å². The first-order valence-corrected chi connectivity index (χ1v) is 8.77. The van der Waals surface area contributed by atoms with Gasteiger partial charge in [0.2, 0.25) is 5.91 Å². The summed E-state index contributed by atoms with van der Waals surface area (Å²) < 4.78 is 0. The lowest BCUT2D eigenvalue weighted by atomic mass is 9.92. The molecule has 22 heavy (non-hydrogen) atoms. The summed E-state index contributed by atoms with van der Waals surface area (Å²) in [4.78, 5) is 15.6. The van der Waals surface area contributed by atoms with E-state index in [4.69, 9.17) is 5.73 Å². The third-order valence-electron chi connectivity index (χ3n) is 4.18. The molecule has 2 unspecified atom stereocenters. The number of hydrogen-bond acceptors (Lipinski definition) is 3. The molecule has 2 N–H and O–H groups in total. The number of aryl methyl sites for hydroxylation is 1. The molecular formula is C17H27ClN2OS. The fraction of sp³-hybridized carbons (Fsp3) is 0.588. The highest BCUT2D eigenvalue weighted by atomic mass is 35.5. The van der Waals surface area contributed by atoms with Gasteiger partial charge in [-0.1, -0.05) is 24.6 Å². The summed E-state index contributed by atoms with van der Waals surface area (Å²) in [6.07, 6.45) is 2.75. The largest absolute Gasteiger partial charge is 0.338 e. The number of carbonyl (C=O) groups excluding carboxylic acids is 1. The SMILES string of the molecule is Cc1ccc(SCCC(=O)N2CCC(C)CC2CN)cc1.Cl. The van der Waals surface area contributed by atoms with Crippen LogP contribution in [0.1, 0.15) is 31.7 Å². The molecule has 1 aliphatic rings. The van der Waals surface area contributed by atoms with E-state index in [1.807, 2.05) is 4.90 Å². The Balaban J connectivity index is 0.00000242. The van der Waals surface area contributed by atoms with Crippen LogP contribution in [0.15, 0.2) is 29.2 Å². The summed E-state index contributed by atoms with van der Waals surface area (Å²) in [6, 6.07) is 8.71. The molecule has 5 heteroatoms. The van der Waals surface area contributed by atoms with Gasteiger partial charge < -0.3 is 10.6 Å². The predicted molar refractivity (Wildman–Crippen MR) is 96.7 cm³/mol. The highest BCUT2D eigenvalue weighted by Crippen LogP contribution is 2.24. The van der Waals surface area contributed by atoms with E-state index in [2.05, 4.69) is 38.1 Å². The number of thioether (sulfide) groups is 1. The molecule has 0 bridgehead atoms. The summed E-state index contributed by atoms with van der Waals surface area (Å²) in [5, 5.41) is 0. The monoisotopic (exact) mass is 342 g/mol. The van der Waals surface area contributed by atoms with E-state index in [0.29, 0.717) is 18.9 Å². The Morgan fingerprint density at radius 2 is 2.05 bits per heavy atom. The number of amides is 1. The van der Waals surface area contributed by atoms with Gasteiger partial charge in [-0.15, -0.1) is 24.2 Å². The van der Waals surface area contributed by atoms with Crippen LogP contribution < -0.4 is 5.73 Å². The van der Waals surface area contributed by atoms with E-state index >= 15 is 0 Å². The Labute approximate surface area is 144 Å². The quantitative estimate of drug-likeness (QED) is 0.833. The van der Waals surface area contributed by atoms with Crippen molar-refractivity contribution in [1.29, 1.82) is 0 Å². The van der Waals surface area contributed by atoms with Crippen molar-refractivity contribution in [2.45, 2.75) is 44.0 Å². The maximum Gasteiger partial charge on any atom is 0.223 e. The van der Waals surface area contributed by atoms with Gasteiger partial charge in [-0.25, -0.2) is 0 Å². The molecule has 1 aromatic rings. The van der Waals surface area contributed by atoms with Gasteiger partial charge in [0.1, 0.15) is 0 Å². The van der Waals surface area contributed by atoms with Gasteiger partial charge >= 0.3 is 0 Å². The van der Waals surface area contributed by atoms with Crippen LogP contribution in [0.4, 0.5) is 0 Å². The number of nitrogens with zero attached hydrogens (tertiary/aromatic N) is 1. The van der Waals surface area contributed by atoms with E-state index in [1.165, 1.54) is 10.5 Å². The molecule has 2 atom stereocenters. The number of likely N-dealkylation sites (tertiary alicyclic amines) is 1. The van der Waals surface area contributed by atoms with Crippen molar-refractivity contribution < 1.29 is 4.79 Å². The van der Waals surface area contributed by atoms with Crippen molar-refractivity contribution in [1.82, 2.24) is 4.90 Å². The van der Waals surface area contributed by atoms with Gasteiger partial charge in [-0.3, -0.25) is 4.79 Å². The van der Waals surface area contributed by atoms with Crippen LogP contribution >= 0.6 is 24.2 Å². The molecule has 2 rings (SSSR count). The van der Waals surface area contributed by atoms with Gasteiger partial charge in [-0.05, 0) is 37.8 Å². The first kappa shape index (κ1) is 19.3. The fourth-order valence-corrected chi connectivity index (χ4v) is 3.68. The van der Waals surface area contributed by atoms with Crippen LogP contribution in [0, 0.1) is 12.8 Å². The smallest absolute Gasteiger partial charge is 0.223 e. The van der Waals surface area contributed by atoms with E-state index in [1.54, 1.807) is 11.8 Å². The molecule has 0 aliphatic carbocycles. The second-order valence-corrected chi connectivity index (χ2v) is 7.19. The van der Waals surface area contributed by atoms with Gasteiger partial charge in [-0.2, -0.15) is 0 Å². The minimum atomic E-state index is 0. The number of carbonyl (C=O) groups is 1. The molecule has 1 aliphatic heterocycles. The normalized spacial score (nSPS) is 21.3. The maximum absolute atomic E-state index is 12.4. The first-order chi connectivity index (χ1) is 10.1. The number of hydrogen-bond donors (Lipinski definition) is 1. The molecule has 1 aromatic carbocycles. The fourth-order valence-electron chi connectivity index (χ4n) is 2.84. The standard InChI is InChI=1S/C17H26N2OS.ClH/c1-13-3-5-16(6-4-13)21-10-8-17(20)19-9-7-14(2)11-15(19)12-18;/h3-6,14-15H,7-12,18H2,1-2H3;1H. The molecule has 0 saturated carbocycles. The van der Waals surface area contributed by atoms with Gasteiger partial charge in [0.25, 0.3) is 0 Å². The number of rotatable bonds is 5. The third kappa shape index (κ3) is 5.49. The molecule has 124 valence electrons. The lowest BCUT2D eigenvalue weighted by Crippen LogP contribution is -2.49. The summed E-state index contributed by atoms with van der Waals surface area (Å²) in [6.45, 7) is 5.79. The predicted octanol–water partition coefficient (Wildman–Crippen LogP) is 3.48. The molecule has 1 amide bonds. The molecule has 3 nitrogen and oxygen atoms in total. The second-order valence-electron chi connectivity index (χ2n) is 6.02. The topological polar surface area (TPSA) is 46.3 Å². The number of nitrogens with two attached hydrogens (primary N) is 1. The summed E-state index contributed by atoms with van der Waals surface area (Å²) in [7, 11) is 0. The van der Waals surface area contributed by atoms with Crippen molar-refractivity contribution in [3.05, 3.63) is 29.8 Å². The molecule has 0 aromatic heterocycles. The highest BCUT2D eigenvalue weighted by Gasteiger charge is 2.28. The molecule has 0 spiro atoms. The number of halogens is 1. The third-order valence-corrected chi connectivity index (χ3v) is 5.19.